The predicted molar refractivity (Wildman–Crippen MR) is 107 cm³/mol. The lowest BCUT2D eigenvalue weighted by Gasteiger charge is -2.24. The molecular formula is C20H26FN5O2. The molecule has 2 atom stereocenters. The summed E-state index contributed by atoms with van der Waals surface area (Å²) in [5.41, 5.74) is 6.86. The van der Waals surface area contributed by atoms with Gasteiger partial charge in [-0.15, -0.1) is 0 Å². The fourth-order valence-corrected chi connectivity index (χ4v) is 5.29. The van der Waals surface area contributed by atoms with Crippen molar-refractivity contribution in [1.82, 2.24) is 9.24 Å². The molecule has 5 rings (SSSR count). The van der Waals surface area contributed by atoms with E-state index in [0.717, 1.165) is 32.2 Å². The second-order valence-corrected chi connectivity index (χ2v) is 9.00. The van der Waals surface area contributed by atoms with Gasteiger partial charge in [-0.1, -0.05) is 0 Å². The topological polar surface area (TPSA) is 99.3 Å². The number of hydrogen-bond acceptors (Lipinski definition) is 5. The van der Waals surface area contributed by atoms with E-state index >= 15 is 4.39 Å². The summed E-state index contributed by atoms with van der Waals surface area (Å²) >= 11 is 0. The smallest absolute Gasteiger partial charge is 0.350 e. The highest BCUT2D eigenvalue weighted by Crippen LogP contribution is 2.58. The first-order valence-electron chi connectivity index (χ1n) is 10.0. The number of benzene rings is 1. The highest BCUT2D eigenvalue weighted by molar-refractivity contribution is 5.87. The molecule has 4 N–H and O–H groups in total. The molecule has 0 amide bonds. The highest BCUT2D eigenvalue weighted by Gasteiger charge is 2.56. The largest absolute Gasteiger partial charge is 0.368 e. The van der Waals surface area contributed by atoms with E-state index in [2.05, 4.69) is 4.90 Å². The van der Waals surface area contributed by atoms with Crippen LogP contribution in [0.4, 0.5) is 10.1 Å². The van der Waals surface area contributed by atoms with Crippen LogP contribution in [0, 0.1) is 24.1 Å². The second-order valence-electron chi connectivity index (χ2n) is 9.00. The summed E-state index contributed by atoms with van der Waals surface area (Å²) in [4.78, 5) is 27.3. The molecule has 7 nitrogen and oxygen atoms in total. The van der Waals surface area contributed by atoms with Crippen molar-refractivity contribution in [3.05, 3.63) is 38.3 Å². The van der Waals surface area contributed by atoms with Gasteiger partial charge in [0.05, 0.1) is 16.6 Å². The minimum Gasteiger partial charge on any atom is -0.368 e. The summed E-state index contributed by atoms with van der Waals surface area (Å²) in [5.74, 6) is 5.58. The Balaban J connectivity index is 1.74. The van der Waals surface area contributed by atoms with Crippen molar-refractivity contribution in [2.24, 2.45) is 17.1 Å². The van der Waals surface area contributed by atoms with Crippen molar-refractivity contribution in [2.45, 2.75) is 51.6 Å². The molecule has 2 unspecified atom stereocenters. The minimum atomic E-state index is -0.654. The summed E-state index contributed by atoms with van der Waals surface area (Å²) in [6.45, 7) is 5.29. The molecule has 8 heteroatoms. The van der Waals surface area contributed by atoms with Gasteiger partial charge < -0.3 is 16.5 Å². The number of hydrogen-bond donors (Lipinski definition) is 2. The van der Waals surface area contributed by atoms with Crippen LogP contribution in [0.2, 0.25) is 0 Å². The Bertz CT molecular complexity index is 1110. The average Bonchev–Trinajstić information content (AvgIpc) is 3.54. The maximum Gasteiger partial charge on any atom is 0.350 e. The Morgan fingerprint density at radius 2 is 1.96 bits per heavy atom. The van der Waals surface area contributed by atoms with Gasteiger partial charge in [-0.2, -0.15) is 4.68 Å². The van der Waals surface area contributed by atoms with Gasteiger partial charge in [-0.3, -0.25) is 9.36 Å². The van der Waals surface area contributed by atoms with Gasteiger partial charge in [0, 0.05) is 30.7 Å². The molecule has 1 aromatic heterocycles. The van der Waals surface area contributed by atoms with E-state index in [1.807, 2.05) is 6.92 Å². The zero-order valence-electron chi connectivity index (χ0n) is 16.2. The van der Waals surface area contributed by atoms with Crippen molar-refractivity contribution in [1.29, 1.82) is 0 Å². The Hall–Kier alpha value is -2.35. The molecule has 1 saturated heterocycles. The third-order valence-electron chi connectivity index (χ3n) is 7.03. The van der Waals surface area contributed by atoms with Gasteiger partial charge in [0.15, 0.2) is 0 Å². The van der Waals surface area contributed by atoms with Crippen molar-refractivity contribution < 1.29 is 4.39 Å². The molecule has 1 aromatic carbocycles. The lowest BCUT2D eigenvalue weighted by Crippen LogP contribution is -2.44. The van der Waals surface area contributed by atoms with E-state index in [4.69, 9.17) is 11.6 Å². The fraction of sp³-hybridized carbons (Fsp3) is 0.600. The van der Waals surface area contributed by atoms with Crippen molar-refractivity contribution in [3.63, 3.8) is 0 Å². The first-order chi connectivity index (χ1) is 13.2. The Morgan fingerprint density at radius 1 is 1.29 bits per heavy atom. The number of nitrogens with two attached hydrogens (primary N) is 2. The predicted octanol–water partition coefficient (Wildman–Crippen LogP) is 1.22. The normalized spacial score (nSPS) is 24.3. The molecule has 0 radical (unpaired) electrons. The molecule has 2 saturated carbocycles. The minimum absolute atomic E-state index is 0.0209. The average molecular weight is 387 g/mol. The van der Waals surface area contributed by atoms with E-state index in [-0.39, 0.29) is 22.9 Å². The van der Waals surface area contributed by atoms with Crippen LogP contribution in [0.25, 0.3) is 10.9 Å². The lowest BCUT2D eigenvalue weighted by molar-refractivity contribution is 0.345. The van der Waals surface area contributed by atoms with Crippen LogP contribution in [0.1, 0.15) is 44.2 Å². The molecule has 150 valence electrons. The Labute approximate surface area is 161 Å². The van der Waals surface area contributed by atoms with Gasteiger partial charge in [0.1, 0.15) is 5.82 Å². The van der Waals surface area contributed by atoms with E-state index < -0.39 is 17.1 Å². The van der Waals surface area contributed by atoms with Gasteiger partial charge in [-0.05, 0) is 56.9 Å². The molecule has 1 spiro atoms. The van der Waals surface area contributed by atoms with Crippen LogP contribution >= 0.6 is 0 Å². The van der Waals surface area contributed by atoms with Crippen LogP contribution in [-0.4, -0.2) is 28.4 Å². The Morgan fingerprint density at radius 3 is 2.50 bits per heavy atom. The van der Waals surface area contributed by atoms with E-state index in [0.29, 0.717) is 33.9 Å². The molecule has 3 aliphatic rings. The van der Waals surface area contributed by atoms with E-state index in [1.54, 1.807) is 11.5 Å². The lowest BCUT2D eigenvalue weighted by atomic mass is 9.87. The monoisotopic (exact) mass is 387 g/mol. The number of rotatable bonds is 3. The quantitative estimate of drug-likeness (QED) is 0.772. The number of aryl methyl sites for hydroxylation is 1. The van der Waals surface area contributed by atoms with Crippen LogP contribution in [0.5, 0.6) is 0 Å². The number of halogens is 1. The fourth-order valence-electron chi connectivity index (χ4n) is 5.29. The standard InChI is InChI=1S/C20H26FN5O2/c1-10-16-13(18(27)26(23)19(28)25(16)12-3-4-12)7-15(21)17(10)24-8-14(11(2)22)20(9-24)5-6-20/h7,11-12,14H,3-6,8-9,22-23H2,1-2H3. The summed E-state index contributed by atoms with van der Waals surface area (Å²) < 4.78 is 17.4. The van der Waals surface area contributed by atoms with Crippen LogP contribution in [0.15, 0.2) is 15.7 Å². The van der Waals surface area contributed by atoms with Gasteiger partial charge in [0.25, 0.3) is 5.56 Å². The summed E-state index contributed by atoms with van der Waals surface area (Å²) in [6, 6.07) is 1.32. The van der Waals surface area contributed by atoms with Crippen LogP contribution < -0.4 is 27.7 Å². The summed E-state index contributed by atoms with van der Waals surface area (Å²) in [5, 5.41) is 0.164. The summed E-state index contributed by atoms with van der Waals surface area (Å²) in [7, 11) is 0. The summed E-state index contributed by atoms with van der Waals surface area (Å²) in [6.07, 6.45) is 3.96. The maximum atomic E-state index is 15.2. The molecule has 3 fully saturated rings. The van der Waals surface area contributed by atoms with E-state index in [9.17, 15) is 9.59 Å². The molecular weight excluding hydrogens is 361 g/mol. The van der Waals surface area contributed by atoms with Crippen LogP contribution in [0.3, 0.4) is 0 Å². The molecule has 2 aliphatic carbocycles. The molecule has 28 heavy (non-hydrogen) atoms. The number of nitrogen functional groups attached to an aromatic ring is 1. The SMILES string of the molecule is Cc1c(N2CC(C(C)N)C3(CC3)C2)c(F)cc2c(=O)n(N)c(=O)n(C3CC3)c12. The van der Waals surface area contributed by atoms with Crippen LogP contribution in [-0.2, 0) is 0 Å². The van der Waals surface area contributed by atoms with E-state index in [1.165, 1.54) is 6.07 Å². The maximum absolute atomic E-state index is 15.2. The number of anilines is 1. The van der Waals surface area contributed by atoms with Crippen molar-refractivity contribution in [3.8, 4) is 0 Å². The zero-order valence-corrected chi connectivity index (χ0v) is 16.2. The molecule has 2 heterocycles. The third-order valence-corrected chi connectivity index (χ3v) is 7.03. The second kappa shape index (κ2) is 5.59. The Kier molecular flexibility index (Phi) is 3.54. The molecule has 0 bridgehead atoms. The molecule has 2 aromatic rings. The highest BCUT2D eigenvalue weighted by atomic mass is 19.1. The number of nitrogens with zero attached hydrogens (tertiary/aromatic N) is 3. The number of aromatic nitrogens is 2. The first kappa shape index (κ1) is 17.7. The van der Waals surface area contributed by atoms with Gasteiger partial charge in [-0.25, -0.2) is 9.18 Å². The first-order valence-corrected chi connectivity index (χ1v) is 10.0. The number of fused-ring (bicyclic) bond motifs is 1. The van der Waals surface area contributed by atoms with Gasteiger partial charge >= 0.3 is 5.69 Å². The van der Waals surface area contributed by atoms with Crippen molar-refractivity contribution >= 4 is 16.6 Å². The zero-order chi connectivity index (χ0) is 20.0. The van der Waals surface area contributed by atoms with Gasteiger partial charge in [0.2, 0.25) is 0 Å². The van der Waals surface area contributed by atoms with Crippen molar-refractivity contribution in [2.75, 3.05) is 23.8 Å². The third kappa shape index (κ3) is 2.30. The molecule has 1 aliphatic heterocycles.